The molecule has 0 amide bonds. The second kappa shape index (κ2) is 22.5. The maximum absolute atomic E-state index is 13.5. The minimum absolute atomic E-state index is 0.00442. The van der Waals surface area contributed by atoms with Crippen LogP contribution >= 0.6 is 0 Å². The second-order valence-electron chi connectivity index (χ2n) is 18.6. The van der Waals surface area contributed by atoms with Gasteiger partial charge in [-0.1, -0.05) is 77.0 Å². The maximum Gasteiger partial charge on any atom is 0.331 e. The molecule has 4 rings (SSSR count). The Labute approximate surface area is 376 Å². The predicted molar refractivity (Wildman–Crippen MR) is 228 cm³/mol. The van der Waals surface area contributed by atoms with Crippen LogP contribution in [-0.4, -0.2) is 131 Å². The van der Waals surface area contributed by atoms with Crippen molar-refractivity contribution in [3.8, 4) is 0 Å². The quantitative estimate of drug-likeness (QED) is 0.0783. The summed E-state index contributed by atoms with van der Waals surface area (Å²) >= 11 is 0. The van der Waals surface area contributed by atoms with Gasteiger partial charge in [0.05, 0.1) is 69.1 Å². The highest BCUT2D eigenvalue weighted by Crippen LogP contribution is 2.50. The van der Waals surface area contributed by atoms with Crippen molar-refractivity contribution in [2.45, 2.75) is 186 Å². The summed E-state index contributed by atoms with van der Waals surface area (Å²) in [5, 5.41) is 47.6. The summed E-state index contributed by atoms with van der Waals surface area (Å²) in [4.78, 5) is 64.8. The zero-order valence-electron chi connectivity index (χ0n) is 38.7. The van der Waals surface area contributed by atoms with E-state index in [2.05, 4.69) is 0 Å². The summed E-state index contributed by atoms with van der Waals surface area (Å²) < 4.78 is 46.9. The van der Waals surface area contributed by atoms with E-state index >= 15 is 0 Å². The minimum Gasteiger partial charge on any atom is -0.469 e. The average molecular weight is 907 g/mol. The lowest BCUT2D eigenvalue weighted by Crippen LogP contribution is -2.64. The van der Waals surface area contributed by atoms with Crippen molar-refractivity contribution in [2.24, 2.45) is 16.7 Å². The molecule has 0 aromatic heterocycles. The second-order valence-corrected chi connectivity index (χ2v) is 18.6. The molecule has 6 bridgehead atoms. The number of methoxy groups -OCH3 is 2. The third kappa shape index (κ3) is 13.5. The van der Waals surface area contributed by atoms with Gasteiger partial charge >= 0.3 is 29.8 Å². The van der Waals surface area contributed by atoms with Crippen LogP contribution in [0.15, 0.2) is 48.1 Å². The maximum atomic E-state index is 13.5. The molecule has 3 fully saturated rings. The van der Waals surface area contributed by atoms with Gasteiger partial charge in [0.15, 0.2) is 11.9 Å². The van der Waals surface area contributed by atoms with Gasteiger partial charge < -0.3 is 58.3 Å². The van der Waals surface area contributed by atoms with Crippen LogP contribution in [0.3, 0.4) is 0 Å². The summed E-state index contributed by atoms with van der Waals surface area (Å²) in [5.41, 5.74) is -2.11. The van der Waals surface area contributed by atoms with Gasteiger partial charge in [-0.25, -0.2) is 9.59 Å². The van der Waals surface area contributed by atoms with E-state index in [4.69, 9.17) is 37.9 Å². The molecule has 64 heavy (non-hydrogen) atoms. The fraction of sp³-hybridized carbons (Fsp3) is 0.723. The Hall–Kier alpha value is -3.97. The van der Waals surface area contributed by atoms with Crippen molar-refractivity contribution in [3.63, 3.8) is 0 Å². The number of aliphatic hydroxyl groups is 4. The molecule has 4 N–H and O–H groups in total. The topological polar surface area (TPSA) is 240 Å². The Balaban J connectivity index is 1.87. The van der Waals surface area contributed by atoms with Crippen LogP contribution in [0.5, 0.6) is 0 Å². The SMILES string of the molecule is CCCC=CC=CC(=O)O[C@H]1[C@H](CC(=O)OC)C[C@H]2C[C@H]([C@@H](C)O)OC(=O)C[C@H](O)C[C@@H]3C[C@H](OC(C)=O)C(C)(C)[C@](O)(C[C@@H]4CC(=CC(=O)OC)C[C@H](C=CC(C)(C)[C@]1(O)O2)O4)O3. The lowest BCUT2D eigenvalue weighted by Gasteiger charge is -2.54. The molecule has 4 aliphatic heterocycles. The molecule has 3 saturated heterocycles. The van der Waals surface area contributed by atoms with Gasteiger partial charge in [-0.3, -0.25) is 14.4 Å². The smallest absolute Gasteiger partial charge is 0.331 e. The molecule has 0 saturated carbocycles. The van der Waals surface area contributed by atoms with Crippen LogP contribution < -0.4 is 0 Å². The summed E-state index contributed by atoms with van der Waals surface area (Å²) in [5.74, 6) is -8.92. The first-order chi connectivity index (χ1) is 29.9. The number of fused-ring (bicyclic) bond motifs is 6. The van der Waals surface area contributed by atoms with Crippen molar-refractivity contribution in [3.05, 3.63) is 48.1 Å². The van der Waals surface area contributed by atoms with Crippen molar-refractivity contribution in [1.29, 1.82) is 0 Å². The fourth-order valence-electron chi connectivity index (χ4n) is 8.96. The first-order valence-corrected chi connectivity index (χ1v) is 22.2. The Morgan fingerprint density at radius 3 is 2.25 bits per heavy atom. The third-order valence-corrected chi connectivity index (χ3v) is 12.8. The van der Waals surface area contributed by atoms with E-state index in [1.165, 1.54) is 46.3 Å². The molecule has 4 aliphatic rings. The largest absolute Gasteiger partial charge is 0.469 e. The van der Waals surface area contributed by atoms with E-state index in [9.17, 15) is 44.4 Å². The number of unbranched alkanes of at least 4 members (excludes halogenated alkanes) is 1. The number of aliphatic hydroxyl groups excluding tert-OH is 2. The average Bonchev–Trinajstić information content (AvgIpc) is 3.19. The van der Waals surface area contributed by atoms with E-state index in [0.717, 1.165) is 12.8 Å². The molecule has 4 heterocycles. The van der Waals surface area contributed by atoms with E-state index in [1.807, 2.05) is 13.0 Å². The van der Waals surface area contributed by atoms with Crippen LogP contribution in [0.25, 0.3) is 0 Å². The lowest BCUT2D eigenvalue weighted by molar-refractivity contribution is -0.352. The van der Waals surface area contributed by atoms with Gasteiger partial charge in [-0.15, -0.1) is 0 Å². The Morgan fingerprint density at radius 2 is 1.61 bits per heavy atom. The molecular weight excluding hydrogens is 836 g/mol. The molecular formula is C47H70O17. The number of ether oxygens (including phenoxy) is 8. The van der Waals surface area contributed by atoms with Crippen LogP contribution in [0.1, 0.15) is 119 Å². The molecule has 17 heteroatoms. The molecule has 17 nitrogen and oxygen atoms in total. The van der Waals surface area contributed by atoms with E-state index in [1.54, 1.807) is 45.9 Å². The number of hydrogen-bond donors (Lipinski definition) is 4. The fourth-order valence-corrected chi connectivity index (χ4v) is 8.96. The minimum atomic E-state index is -2.40. The van der Waals surface area contributed by atoms with E-state index in [-0.39, 0.29) is 51.4 Å². The highest BCUT2D eigenvalue weighted by atomic mass is 16.7. The number of esters is 5. The highest BCUT2D eigenvalue weighted by molar-refractivity contribution is 5.83. The first-order valence-electron chi connectivity index (χ1n) is 22.2. The number of carbonyl (C=O) groups is 5. The summed E-state index contributed by atoms with van der Waals surface area (Å²) in [6.45, 7) is 11.3. The zero-order valence-corrected chi connectivity index (χ0v) is 38.7. The number of cyclic esters (lactones) is 1. The number of rotatable bonds is 10. The van der Waals surface area contributed by atoms with Gasteiger partial charge in [-0.2, -0.15) is 0 Å². The van der Waals surface area contributed by atoms with Gasteiger partial charge in [0.2, 0.25) is 5.79 Å². The normalized spacial score (nSPS) is 35.8. The molecule has 0 radical (unpaired) electrons. The highest BCUT2D eigenvalue weighted by Gasteiger charge is 2.60. The van der Waals surface area contributed by atoms with Crippen molar-refractivity contribution < 1.29 is 82.3 Å². The third-order valence-electron chi connectivity index (χ3n) is 12.8. The molecule has 360 valence electrons. The first kappa shape index (κ1) is 52.7. The van der Waals surface area contributed by atoms with Gasteiger partial charge in [-0.05, 0) is 32.6 Å². The number of carbonyl (C=O) groups excluding carboxylic acids is 5. The molecule has 0 aliphatic carbocycles. The van der Waals surface area contributed by atoms with E-state index in [0.29, 0.717) is 5.57 Å². The Kier molecular flexibility index (Phi) is 18.5. The predicted octanol–water partition coefficient (Wildman–Crippen LogP) is 4.36. The summed E-state index contributed by atoms with van der Waals surface area (Å²) in [6, 6.07) is 0. The van der Waals surface area contributed by atoms with Crippen LogP contribution in [0, 0.1) is 16.7 Å². The van der Waals surface area contributed by atoms with E-state index < -0.39 is 120 Å². The lowest BCUT2D eigenvalue weighted by atomic mass is 9.70. The Morgan fingerprint density at radius 1 is 0.906 bits per heavy atom. The van der Waals surface area contributed by atoms with Crippen molar-refractivity contribution in [2.75, 3.05) is 14.2 Å². The van der Waals surface area contributed by atoms with Crippen LogP contribution in [-0.2, 0) is 61.9 Å². The van der Waals surface area contributed by atoms with Crippen LogP contribution in [0.4, 0.5) is 0 Å². The molecule has 0 aromatic rings. The molecule has 0 spiro atoms. The van der Waals surface area contributed by atoms with Gasteiger partial charge in [0.25, 0.3) is 0 Å². The summed E-state index contributed by atoms with van der Waals surface area (Å²) in [6.07, 6.45) is 1.82. The monoisotopic (exact) mass is 906 g/mol. The number of hydrogen-bond acceptors (Lipinski definition) is 17. The standard InChI is InChI=1S/C47H70O17/c1-10-11-12-13-14-15-39(51)62-43-31(22-41(53)58-9)21-34-25-37(28(2)48)61-42(54)24-32(50)23-35-26-38(59-29(3)49)45(6,7)46(55,63-35)27-36-19-30(20-40(52)57-8)18-33(60-36)16-17-44(4,5)47(43,56)64-34/h12-17,20,28,31-38,43,48,50,55-56H,10-11,18-19,21-27H2,1-9H3/t28-,31+,32-,33+,34+,35-,36+,37-,38+,43+,46+,47-/m1/s1. The molecule has 0 aromatic carbocycles. The molecule has 0 unspecified atom stereocenters. The number of allylic oxidation sites excluding steroid dienone is 3. The van der Waals surface area contributed by atoms with Crippen molar-refractivity contribution in [1.82, 2.24) is 0 Å². The summed E-state index contributed by atoms with van der Waals surface area (Å²) in [7, 11) is 2.45. The van der Waals surface area contributed by atoms with Gasteiger partial charge in [0.1, 0.15) is 12.2 Å². The molecule has 12 atom stereocenters. The Bertz CT molecular complexity index is 1760. The van der Waals surface area contributed by atoms with Crippen LogP contribution in [0.2, 0.25) is 0 Å². The van der Waals surface area contributed by atoms with Crippen molar-refractivity contribution >= 4 is 29.8 Å². The van der Waals surface area contributed by atoms with Gasteiger partial charge in [0, 0.05) is 56.1 Å². The zero-order chi connectivity index (χ0) is 47.6.